The summed E-state index contributed by atoms with van der Waals surface area (Å²) in [7, 11) is 3.54. The Morgan fingerprint density at radius 3 is 2.67 bits per heavy atom. The summed E-state index contributed by atoms with van der Waals surface area (Å²) >= 11 is 0. The van der Waals surface area contributed by atoms with Gasteiger partial charge in [-0.05, 0) is 50.4 Å². The summed E-state index contributed by atoms with van der Waals surface area (Å²) in [6.07, 6.45) is 4.44. The molecule has 1 aliphatic rings. The molecule has 0 bridgehead atoms. The normalized spacial score (nSPS) is 21.9. The van der Waals surface area contributed by atoms with Gasteiger partial charge in [0.2, 0.25) is 0 Å². The highest BCUT2D eigenvalue weighted by molar-refractivity contribution is 5.94. The minimum Gasteiger partial charge on any atom is -0.497 e. The van der Waals surface area contributed by atoms with Crippen molar-refractivity contribution in [2.75, 3.05) is 20.7 Å². The Kier molecular flexibility index (Phi) is 5.62. The lowest BCUT2D eigenvalue weighted by Crippen LogP contribution is -2.43. The molecule has 0 heterocycles. The summed E-state index contributed by atoms with van der Waals surface area (Å²) in [4.78, 5) is 14.5. The molecule has 1 amide bonds. The van der Waals surface area contributed by atoms with Crippen LogP contribution in [-0.2, 0) is 0 Å². The van der Waals surface area contributed by atoms with Crippen LogP contribution in [0.2, 0.25) is 0 Å². The number of nitrogens with zero attached hydrogens (tertiary/aromatic N) is 1. The predicted octanol–water partition coefficient (Wildman–Crippen LogP) is 2.69. The first-order chi connectivity index (χ1) is 10.2. The van der Waals surface area contributed by atoms with E-state index in [1.54, 1.807) is 7.11 Å². The maximum Gasteiger partial charge on any atom is 0.253 e. The molecule has 1 saturated carbocycles. The third kappa shape index (κ3) is 3.97. The fraction of sp³-hybridized carbons (Fsp3) is 0.588. The number of benzene rings is 1. The topological polar surface area (TPSA) is 41.6 Å². The maximum atomic E-state index is 12.6. The van der Waals surface area contributed by atoms with Crippen LogP contribution in [0.1, 0.15) is 43.0 Å². The second kappa shape index (κ2) is 7.46. The molecule has 0 unspecified atom stereocenters. The standard InChI is InChI=1S/C17H26N2O2/c1-4-18-14-8-10-15(11-9-14)19(2)17(20)13-6-5-7-16(12-13)21-3/h5-7,12,14-15,18H,4,8-11H2,1-3H3. The fourth-order valence-corrected chi connectivity index (χ4v) is 3.08. The second-order valence-corrected chi connectivity index (χ2v) is 5.71. The van der Waals surface area contributed by atoms with E-state index in [1.165, 1.54) is 0 Å². The van der Waals surface area contributed by atoms with Crippen LogP contribution in [0.3, 0.4) is 0 Å². The molecule has 116 valence electrons. The van der Waals surface area contributed by atoms with Crippen LogP contribution in [-0.4, -0.2) is 43.6 Å². The van der Waals surface area contributed by atoms with Gasteiger partial charge in [0.1, 0.15) is 5.75 Å². The molecule has 1 N–H and O–H groups in total. The van der Waals surface area contributed by atoms with E-state index in [-0.39, 0.29) is 5.91 Å². The molecule has 4 nitrogen and oxygen atoms in total. The first kappa shape index (κ1) is 15.8. The van der Waals surface area contributed by atoms with Crippen molar-refractivity contribution in [3.05, 3.63) is 29.8 Å². The number of nitrogens with one attached hydrogen (secondary N) is 1. The van der Waals surface area contributed by atoms with E-state index < -0.39 is 0 Å². The van der Waals surface area contributed by atoms with E-state index >= 15 is 0 Å². The Bertz CT molecular complexity index is 468. The smallest absolute Gasteiger partial charge is 0.253 e. The van der Waals surface area contributed by atoms with Gasteiger partial charge < -0.3 is 15.0 Å². The highest BCUT2D eigenvalue weighted by Crippen LogP contribution is 2.24. The Morgan fingerprint density at radius 1 is 1.33 bits per heavy atom. The summed E-state index contributed by atoms with van der Waals surface area (Å²) in [5.41, 5.74) is 0.700. The van der Waals surface area contributed by atoms with Crippen LogP contribution in [0.15, 0.2) is 24.3 Å². The molecule has 1 aromatic carbocycles. The summed E-state index contributed by atoms with van der Waals surface area (Å²) in [6.45, 7) is 3.17. The van der Waals surface area contributed by atoms with Crippen molar-refractivity contribution in [1.82, 2.24) is 10.2 Å². The van der Waals surface area contributed by atoms with Gasteiger partial charge in [0, 0.05) is 24.7 Å². The zero-order valence-corrected chi connectivity index (χ0v) is 13.3. The van der Waals surface area contributed by atoms with Gasteiger partial charge >= 0.3 is 0 Å². The largest absolute Gasteiger partial charge is 0.497 e. The lowest BCUT2D eigenvalue weighted by Gasteiger charge is -2.35. The third-order valence-corrected chi connectivity index (χ3v) is 4.37. The molecule has 21 heavy (non-hydrogen) atoms. The van der Waals surface area contributed by atoms with Gasteiger partial charge in [0.15, 0.2) is 0 Å². The van der Waals surface area contributed by atoms with Gasteiger partial charge in [-0.25, -0.2) is 0 Å². The molecule has 1 aromatic rings. The second-order valence-electron chi connectivity index (χ2n) is 5.71. The molecule has 1 aliphatic carbocycles. The molecule has 0 radical (unpaired) electrons. The summed E-state index contributed by atoms with van der Waals surface area (Å²) in [6, 6.07) is 8.35. The van der Waals surface area contributed by atoms with Gasteiger partial charge in [-0.3, -0.25) is 4.79 Å². The molecule has 0 aliphatic heterocycles. The van der Waals surface area contributed by atoms with Crippen LogP contribution < -0.4 is 10.1 Å². The number of methoxy groups -OCH3 is 1. The van der Waals surface area contributed by atoms with Crippen LogP contribution in [0.4, 0.5) is 0 Å². The van der Waals surface area contributed by atoms with Gasteiger partial charge in [-0.2, -0.15) is 0 Å². The van der Waals surface area contributed by atoms with Crippen molar-refractivity contribution in [2.45, 2.75) is 44.7 Å². The number of carbonyl (C=O) groups excluding carboxylic acids is 1. The third-order valence-electron chi connectivity index (χ3n) is 4.37. The average molecular weight is 290 g/mol. The van der Waals surface area contributed by atoms with E-state index in [1.807, 2.05) is 36.2 Å². The van der Waals surface area contributed by atoms with Crippen molar-refractivity contribution >= 4 is 5.91 Å². The summed E-state index contributed by atoms with van der Waals surface area (Å²) in [5.74, 6) is 0.811. The summed E-state index contributed by atoms with van der Waals surface area (Å²) < 4.78 is 5.19. The number of ether oxygens (including phenoxy) is 1. The zero-order valence-electron chi connectivity index (χ0n) is 13.3. The van der Waals surface area contributed by atoms with Crippen LogP contribution in [0, 0.1) is 0 Å². The Hall–Kier alpha value is -1.55. The number of carbonyl (C=O) groups is 1. The van der Waals surface area contributed by atoms with E-state index in [2.05, 4.69) is 12.2 Å². The zero-order chi connectivity index (χ0) is 15.2. The van der Waals surface area contributed by atoms with E-state index in [9.17, 15) is 4.79 Å². The Labute approximate surface area is 127 Å². The van der Waals surface area contributed by atoms with Gasteiger partial charge in [-0.1, -0.05) is 13.0 Å². The number of hydrogen-bond donors (Lipinski definition) is 1. The van der Waals surface area contributed by atoms with Gasteiger partial charge in [0.05, 0.1) is 7.11 Å². The molecule has 1 fully saturated rings. The van der Waals surface area contributed by atoms with Crippen molar-refractivity contribution in [3.63, 3.8) is 0 Å². The fourth-order valence-electron chi connectivity index (χ4n) is 3.08. The van der Waals surface area contributed by atoms with Gasteiger partial charge in [0.25, 0.3) is 5.91 Å². The predicted molar refractivity (Wildman–Crippen MR) is 84.8 cm³/mol. The summed E-state index contributed by atoms with van der Waals surface area (Å²) in [5, 5.41) is 3.50. The van der Waals surface area contributed by atoms with E-state index in [0.717, 1.165) is 38.0 Å². The Balaban J connectivity index is 1.96. The highest BCUT2D eigenvalue weighted by Gasteiger charge is 2.26. The lowest BCUT2D eigenvalue weighted by atomic mass is 9.90. The molecule has 0 saturated heterocycles. The average Bonchev–Trinajstić information content (AvgIpc) is 2.54. The lowest BCUT2D eigenvalue weighted by molar-refractivity contribution is 0.0684. The van der Waals surface area contributed by atoms with Crippen molar-refractivity contribution in [2.24, 2.45) is 0 Å². The molecule has 0 aromatic heterocycles. The highest BCUT2D eigenvalue weighted by atomic mass is 16.5. The minimum absolute atomic E-state index is 0.0841. The quantitative estimate of drug-likeness (QED) is 0.906. The Morgan fingerprint density at radius 2 is 2.05 bits per heavy atom. The first-order valence-electron chi connectivity index (χ1n) is 7.80. The van der Waals surface area contributed by atoms with Crippen LogP contribution >= 0.6 is 0 Å². The monoisotopic (exact) mass is 290 g/mol. The minimum atomic E-state index is 0.0841. The SMILES string of the molecule is CCNC1CCC(N(C)C(=O)c2cccc(OC)c2)CC1. The van der Waals surface area contributed by atoms with Crippen molar-refractivity contribution < 1.29 is 9.53 Å². The molecule has 2 rings (SSSR count). The molecular weight excluding hydrogens is 264 g/mol. The number of hydrogen-bond acceptors (Lipinski definition) is 3. The van der Waals surface area contributed by atoms with Gasteiger partial charge in [-0.15, -0.1) is 0 Å². The van der Waals surface area contributed by atoms with Crippen LogP contribution in [0.5, 0.6) is 5.75 Å². The number of amides is 1. The van der Waals surface area contributed by atoms with Crippen molar-refractivity contribution in [3.8, 4) is 5.75 Å². The molecule has 4 heteroatoms. The van der Waals surface area contributed by atoms with Crippen LogP contribution in [0.25, 0.3) is 0 Å². The molecule has 0 atom stereocenters. The first-order valence-corrected chi connectivity index (χ1v) is 7.80. The maximum absolute atomic E-state index is 12.6. The molecule has 0 spiro atoms. The van der Waals surface area contributed by atoms with E-state index in [0.29, 0.717) is 17.6 Å². The number of rotatable bonds is 5. The molecular formula is C17H26N2O2. The van der Waals surface area contributed by atoms with Crippen molar-refractivity contribution in [1.29, 1.82) is 0 Å². The van der Waals surface area contributed by atoms with E-state index in [4.69, 9.17) is 4.74 Å².